The van der Waals surface area contributed by atoms with Crippen LogP contribution in [0, 0.1) is 0 Å². The molecule has 4 heteroatoms. The Bertz CT molecular complexity index is 299. The number of unbranched alkanes of at least 4 members (excludes halogenated alkanes) is 1. The Morgan fingerprint density at radius 1 is 1.47 bits per heavy atom. The van der Waals surface area contributed by atoms with E-state index in [4.69, 9.17) is 4.74 Å². The standard InChI is InChI=1S/C13H25N3O/c1-4-5-7-12(2)15-13-14-8-10-16(13)9-6-11-17-3/h8,10,12H,4-7,9,11H2,1-3H3,(H,14,15). The van der Waals surface area contributed by atoms with Crippen LogP contribution in [0.2, 0.25) is 0 Å². The second-order valence-corrected chi connectivity index (χ2v) is 4.48. The van der Waals surface area contributed by atoms with Crippen LogP contribution in [0.25, 0.3) is 0 Å². The van der Waals surface area contributed by atoms with Gasteiger partial charge >= 0.3 is 0 Å². The summed E-state index contributed by atoms with van der Waals surface area (Å²) < 4.78 is 7.21. The van der Waals surface area contributed by atoms with Gasteiger partial charge in [-0.15, -0.1) is 0 Å². The molecule has 4 nitrogen and oxygen atoms in total. The van der Waals surface area contributed by atoms with Crippen molar-refractivity contribution in [2.75, 3.05) is 19.0 Å². The Morgan fingerprint density at radius 2 is 2.29 bits per heavy atom. The molecule has 0 saturated heterocycles. The second-order valence-electron chi connectivity index (χ2n) is 4.48. The molecule has 1 rings (SSSR count). The molecule has 1 unspecified atom stereocenters. The van der Waals surface area contributed by atoms with Gasteiger partial charge in [-0.25, -0.2) is 4.98 Å². The maximum Gasteiger partial charge on any atom is 0.202 e. The third-order valence-corrected chi connectivity index (χ3v) is 2.83. The minimum atomic E-state index is 0.485. The van der Waals surface area contributed by atoms with Crippen LogP contribution < -0.4 is 5.32 Å². The lowest BCUT2D eigenvalue weighted by molar-refractivity contribution is 0.190. The normalized spacial score (nSPS) is 12.6. The van der Waals surface area contributed by atoms with Gasteiger partial charge in [-0.05, 0) is 19.8 Å². The molecular weight excluding hydrogens is 214 g/mol. The minimum Gasteiger partial charge on any atom is -0.385 e. The summed E-state index contributed by atoms with van der Waals surface area (Å²) in [5.74, 6) is 0.977. The average Bonchev–Trinajstić information content (AvgIpc) is 2.74. The number of rotatable bonds is 9. The molecule has 98 valence electrons. The predicted octanol–water partition coefficient (Wildman–Crippen LogP) is 2.91. The van der Waals surface area contributed by atoms with Crippen LogP contribution in [-0.4, -0.2) is 29.3 Å². The summed E-state index contributed by atoms with van der Waals surface area (Å²) in [5, 5.41) is 3.46. The molecule has 0 bridgehead atoms. The first-order valence-corrected chi connectivity index (χ1v) is 6.54. The van der Waals surface area contributed by atoms with Gasteiger partial charge in [0.15, 0.2) is 0 Å². The molecule has 1 aromatic rings. The first-order valence-electron chi connectivity index (χ1n) is 6.54. The van der Waals surface area contributed by atoms with E-state index in [1.54, 1.807) is 7.11 Å². The van der Waals surface area contributed by atoms with E-state index < -0.39 is 0 Å². The van der Waals surface area contributed by atoms with Crippen LogP contribution in [0.1, 0.15) is 39.5 Å². The Morgan fingerprint density at radius 3 is 3.00 bits per heavy atom. The van der Waals surface area contributed by atoms with Gasteiger partial charge in [0.25, 0.3) is 0 Å². The van der Waals surface area contributed by atoms with Crippen molar-refractivity contribution in [1.29, 1.82) is 0 Å². The number of nitrogens with zero attached hydrogens (tertiary/aromatic N) is 2. The highest BCUT2D eigenvalue weighted by molar-refractivity contribution is 5.27. The lowest BCUT2D eigenvalue weighted by Crippen LogP contribution is -2.18. The lowest BCUT2D eigenvalue weighted by Gasteiger charge is -2.15. The molecule has 0 radical (unpaired) electrons. The molecule has 1 heterocycles. The SMILES string of the molecule is CCCCC(C)Nc1nccn1CCCOC. The van der Waals surface area contributed by atoms with E-state index in [9.17, 15) is 0 Å². The largest absolute Gasteiger partial charge is 0.385 e. The third kappa shape index (κ3) is 5.22. The molecule has 0 saturated carbocycles. The van der Waals surface area contributed by atoms with Crippen molar-refractivity contribution in [3.63, 3.8) is 0 Å². The van der Waals surface area contributed by atoms with E-state index in [1.807, 2.05) is 12.4 Å². The van der Waals surface area contributed by atoms with Crippen molar-refractivity contribution < 1.29 is 4.74 Å². The molecule has 0 spiro atoms. The van der Waals surface area contributed by atoms with Gasteiger partial charge in [0.05, 0.1) is 0 Å². The summed E-state index contributed by atoms with van der Waals surface area (Å²) >= 11 is 0. The van der Waals surface area contributed by atoms with Crippen LogP contribution in [0.4, 0.5) is 5.95 Å². The highest BCUT2D eigenvalue weighted by Crippen LogP contribution is 2.10. The number of aromatic nitrogens is 2. The highest BCUT2D eigenvalue weighted by atomic mass is 16.5. The Hall–Kier alpha value is -1.03. The van der Waals surface area contributed by atoms with Crippen LogP contribution in [0.3, 0.4) is 0 Å². The molecule has 0 aliphatic heterocycles. The molecule has 0 aliphatic carbocycles. The van der Waals surface area contributed by atoms with E-state index in [1.165, 1.54) is 19.3 Å². The molecule has 1 N–H and O–H groups in total. The van der Waals surface area contributed by atoms with E-state index in [0.717, 1.165) is 25.5 Å². The smallest absolute Gasteiger partial charge is 0.202 e. The number of ether oxygens (including phenoxy) is 1. The highest BCUT2D eigenvalue weighted by Gasteiger charge is 2.06. The predicted molar refractivity (Wildman–Crippen MR) is 71.3 cm³/mol. The summed E-state index contributed by atoms with van der Waals surface area (Å²) in [6.45, 7) is 6.18. The monoisotopic (exact) mass is 239 g/mol. The van der Waals surface area contributed by atoms with Crippen molar-refractivity contribution in [2.45, 2.75) is 52.1 Å². The quantitative estimate of drug-likeness (QED) is 0.673. The van der Waals surface area contributed by atoms with Crippen molar-refractivity contribution in [2.24, 2.45) is 0 Å². The maximum atomic E-state index is 5.06. The molecule has 1 atom stereocenters. The van der Waals surface area contributed by atoms with Crippen LogP contribution in [0.5, 0.6) is 0 Å². The maximum absolute atomic E-state index is 5.06. The first-order chi connectivity index (χ1) is 8.27. The van der Waals surface area contributed by atoms with Gasteiger partial charge in [0, 0.05) is 38.7 Å². The minimum absolute atomic E-state index is 0.485. The van der Waals surface area contributed by atoms with E-state index in [-0.39, 0.29) is 0 Å². The van der Waals surface area contributed by atoms with Crippen LogP contribution in [-0.2, 0) is 11.3 Å². The fraction of sp³-hybridized carbons (Fsp3) is 0.769. The van der Waals surface area contributed by atoms with Gasteiger partial charge in [-0.2, -0.15) is 0 Å². The Kier molecular flexibility index (Phi) is 6.70. The average molecular weight is 239 g/mol. The van der Waals surface area contributed by atoms with Gasteiger partial charge in [-0.3, -0.25) is 0 Å². The summed E-state index contributed by atoms with van der Waals surface area (Å²) in [6.07, 6.45) is 8.59. The number of nitrogens with one attached hydrogen (secondary N) is 1. The topological polar surface area (TPSA) is 39.1 Å². The van der Waals surface area contributed by atoms with Crippen molar-refractivity contribution in [1.82, 2.24) is 9.55 Å². The molecule has 0 amide bonds. The van der Waals surface area contributed by atoms with Crippen molar-refractivity contribution in [3.8, 4) is 0 Å². The number of imidazole rings is 1. The van der Waals surface area contributed by atoms with Gasteiger partial charge in [0.2, 0.25) is 5.95 Å². The zero-order valence-corrected chi connectivity index (χ0v) is 11.3. The zero-order valence-electron chi connectivity index (χ0n) is 11.3. The summed E-state index contributed by atoms with van der Waals surface area (Å²) in [5.41, 5.74) is 0. The molecule has 0 fully saturated rings. The van der Waals surface area contributed by atoms with Crippen molar-refractivity contribution >= 4 is 5.95 Å². The first kappa shape index (κ1) is 14.0. The zero-order chi connectivity index (χ0) is 12.5. The number of methoxy groups -OCH3 is 1. The van der Waals surface area contributed by atoms with Crippen LogP contribution >= 0.6 is 0 Å². The summed E-state index contributed by atoms with van der Waals surface area (Å²) in [6, 6.07) is 0.485. The number of hydrogen-bond acceptors (Lipinski definition) is 3. The second kappa shape index (κ2) is 8.12. The number of anilines is 1. The van der Waals surface area contributed by atoms with Crippen molar-refractivity contribution in [3.05, 3.63) is 12.4 Å². The summed E-state index contributed by atoms with van der Waals surface area (Å²) in [4.78, 5) is 4.35. The fourth-order valence-electron chi connectivity index (χ4n) is 1.81. The fourth-order valence-corrected chi connectivity index (χ4v) is 1.81. The van der Waals surface area contributed by atoms with Gasteiger partial charge in [0.1, 0.15) is 0 Å². The summed E-state index contributed by atoms with van der Waals surface area (Å²) in [7, 11) is 1.74. The van der Waals surface area contributed by atoms with E-state index in [0.29, 0.717) is 6.04 Å². The van der Waals surface area contributed by atoms with Gasteiger partial charge in [-0.1, -0.05) is 19.8 Å². The van der Waals surface area contributed by atoms with E-state index >= 15 is 0 Å². The Balaban J connectivity index is 2.39. The lowest BCUT2D eigenvalue weighted by atomic mass is 10.1. The molecule has 1 aromatic heterocycles. The van der Waals surface area contributed by atoms with E-state index in [2.05, 4.69) is 28.7 Å². The number of aryl methyl sites for hydroxylation is 1. The molecular formula is C13H25N3O. The van der Waals surface area contributed by atoms with Gasteiger partial charge < -0.3 is 14.6 Å². The third-order valence-electron chi connectivity index (χ3n) is 2.83. The van der Waals surface area contributed by atoms with Crippen LogP contribution in [0.15, 0.2) is 12.4 Å². The molecule has 0 aliphatic rings. The molecule has 17 heavy (non-hydrogen) atoms. The molecule has 0 aromatic carbocycles. The number of hydrogen-bond donors (Lipinski definition) is 1. The Labute approximate surface area is 104 Å².